The molecule has 0 saturated carbocycles. The zero-order valence-corrected chi connectivity index (χ0v) is 13.7. The lowest BCUT2D eigenvalue weighted by Gasteiger charge is -1.86. The molecular weight excluding hydrogens is 300 g/mol. The lowest BCUT2D eigenvalue weighted by atomic mass is 10.2. The third-order valence-electron chi connectivity index (χ3n) is 1.24. The highest BCUT2D eigenvalue weighted by Crippen LogP contribution is 1.95. The molecule has 0 aromatic rings. The summed E-state index contributed by atoms with van der Waals surface area (Å²) < 4.78 is 4.18. The van der Waals surface area contributed by atoms with Crippen LogP contribution in [0.5, 0.6) is 0 Å². The van der Waals surface area contributed by atoms with E-state index >= 15 is 0 Å². The number of nitrogens with two attached hydrogens (primary N) is 2. The lowest BCUT2D eigenvalue weighted by molar-refractivity contribution is -0.127. The maximum atomic E-state index is 9.29. The average Bonchev–Trinajstić information content (AvgIpc) is 2.33. The Morgan fingerprint density at radius 3 is 1.55 bits per heavy atom. The number of aliphatic hydroxyl groups is 2. The van der Waals surface area contributed by atoms with Gasteiger partial charge < -0.3 is 26.4 Å². The van der Waals surface area contributed by atoms with Crippen LogP contribution in [0.2, 0.25) is 0 Å². The number of aliphatic hydroxyl groups excluding tert-OH is 2. The maximum absolute atomic E-state index is 9.29. The van der Waals surface area contributed by atoms with E-state index in [9.17, 15) is 4.79 Å². The van der Waals surface area contributed by atoms with Crippen LogP contribution in [0.25, 0.3) is 0 Å². The second-order valence-electron chi connectivity index (χ2n) is 3.10. The average molecular weight is 326 g/mol. The maximum Gasteiger partial charge on any atom is 0.293 e. The fraction of sp³-hybridized carbons (Fsp3) is 0.583. The number of carbonyl (C=O) groups excluding carboxylic acids is 1. The van der Waals surface area contributed by atoms with Crippen LogP contribution in [0.1, 0.15) is 39.5 Å². The molecule has 0 aromatic heterocycles. The van der Waals surface area contributed by atoms with E-state index in [4.69, 9.17) is 10.2 Å². The summed E-state index contributed by atoms with van der Waals surface area (Å²) in [7, 11) is 0. The fourth-order valence-corrected chi connectivity index (χ4v) is 0.607. The third kappa shape index (κ3) is 191. The van der Waals surface area contributed by atoms with Gasteiger partial charge in [0, 0.05) is 0 Å². The van der Waals surface area contributed by atoms with E-state index in [1.807, 2.05) is 0 Å². The van der Waals surface area contributed by atoms with Gasteiger partial charge in [-0.05, 0) is 24.4 Å². The van der Waals surface area contributed by atoms with Gasteiger partial charge >= 0.3 is 0 Å². The van der Waals surface area contributed by atoms with E-state index in [1.165, 1.54) is 31.8 Å². The van der Waals surface area contributed by atoms with E-state index in [1.54, 1.807) is 0 Å². The lowest BCUT2D eigenvalue weighted by Crippen LogP contribution is -2.03. The first-order valence-electron chi connectivity index (χ1n) is 5.92. The molecule has 0 aromatic carbocycles. The summed E-state index contributed by atoms with van der Waals surface area (Å²) in [5.41, 5.74) is 8.80. The summed E-state index contributed by atoms with van der Waals surface area (Å²) in [6.07, 6.45) is 7.04. The first-order valence-corrected chi connectivity index (χ1v) is 6.74. The Hall–Kier alpha value is -1.41. The smallest absolute Gasteiger partial charge is 0.293 e. The molecule has 0 bridgehead atoms. The molecule has 0 spiro atoms. The summed E-state index contributed by atoms with van der Waals surface area (Å²) in [6, 6.07) is 0. The second kappa shape index (κ2) is 30.5. The molecule has 6 N–H and O–H groups in total. The minimum atomic E-state index is -0.500. The van der Waals surface area contributed by atoms with Gasteiger partial charge in [0.2, 0.25) is 0 Å². The van der Waals surface area contributed by atoms with Crippen molar-refractivity contribution in [1.82, 2.24) is 0 Å². The van der Waals surface area contributed by atoms with Crippen LogP contribution in [-0.4, -0.2) is 33.6 Å². The topological polar surface area (TPSA) is 119 Å². The number of rotatable bonds is 6. The first kappa shape index (κ1) is 27.0. The standard InChI is InChI=1S/C6H14.C4H6O2.2CH3NOS/c1-3-5-6-4-2;1-2-3-6-4-5;2*2-1(3)4/h3-6H2,1-2H3;2,4H,1,3H2;2*(H3,2,3,4). The molecule has 6 nitrogen and oxygen atoms in total. The quantitative estimate of drug-likeness (QED) is 0.254. The number of carbonyl (C=O) groups is 1. The largest absolute Gasteiger partial charge is 0.487 e. The van der Waals surface area contributed by atoms with Crippen molar-refractivity contribution < 1.29 is 19.7 Å². The summed E-state index contributed by atoms with van der Waals surface area (Å²) >= 11 is 7.74. The minimum Gasteiger partial charge on any atom is -0.487 e. The van der Waals surface area contributed by atoms with Crippen LogP contribution in [0, 0.1) is 0 Å². The van der Waals surface area contributed by atoms with Crippen molar-refractivity contribution in [3.8, 4) is 0 Å². The number of hydrogen-bond donors (Lipinski definition) is 4. The van der Waals surface area contributed by atoms with Crippen LogP contribution in [0.15, 0.2) is 12.7 Å². The van der Waals surface area contributed by atoms with Crippen molar-refractivity contribution in [1.29, 1.82) is 0 Å². The highest BCUT2D eigenvalue weighted by atomic mass is 32.1. The Morgan fingerprint density at radius 2 is 1.45 bits per heavy atom. The van der Waals surface area contributed by atoms with E-state index < -0.39 is 10.3 Å². The summed E-state index contributed by atoms with van der Waals surface area (Å²) in [5.74, 6) is 0. The Morgan fingerprint density at radius 1 is 1.15 bits per heavy atom. The van der Waals surface area contributed by atoms with E-state index in [0.717, 1.165) is 0 Å². The van der Waals surface area contributed by atoms with Crippen molar-refractivity contribution in [2.45, 2.75) is 39.5 Å². The van der Waals surface area contributed by atoms with Gasteiger partial charge in [-0.3, -0.25) is 4.79 Å². The van der Waals surface area contributed by atoms with Crippen LogP contribution < -0.4 is 11.5 Å². The van der Waals surface area contributed by atoms with Gasteiger partial charge in [-0.25, -0.2) is 0 Å². The van der Waals surface area contributed by atoms with E-state index in [-0.39, 0.29) is 0 Å². The van der Waals surface area contributed by atoms with Crippen molar-refractivity contribution in [2.75, 3.05) is 6.61 Å². The van der Waals surface area contributed by atoms with Gasteiger partial charge in [-0.1, -0.05) is 52.2 Å². The highest BCUT2D eigenvalue weighted by Gasteiger charge is 1.75. The Kier molecular flexibility index (Phi) is 41.3. The van der Waals surface area contributed by atoms with Gasteiger partial charge in [0.1, 0.15) is 6.61 Å². The van der Waals surface area contributed by atoms with E-state index in [2.05, 4.69) is 61.1 Å². The molecule has 20 heavy (non-hydrogen) atoms. The zero-order chi connectivity index (χ0) is 16.8. The fourth-order valence-electron chi connectivity index (χ4n) is 0.607. The van der Waals surface area contributed by atoms with Gasteiger partial charge in [0.05, 0.1) is 0 Å². The highest BCUT2D eigenvalue weighted by molar-refractivity contribution is 7.80. The SMILES string of the molecule is C=CCOC=O.CCCCCC.NC(O)=S.NC(O)=S. The van der Waals surface area contributed by atoms with Crippen molar-refractivity contribution in [3.63, 3.8) is 0 Å². The number of ether oxygens (including phenoxy) is 1. The minimum absolute atomic E-state index is 0.309. The Labute approximate surface area is 131 Å². The first-order chi connectivity index (χ1) is 9.29. The normalized spacial score (nSPS) is 7.10. The number of unbranched alkanes of at least 4 members (excludes halogenated alkanes) is 3. The number of hydrogen-bond acceptors (Lipinski definition) is 4. The van der Waals surface area contributed by atoms with Crippen LogP contribution in [-0.2, 0) is 9.53 Å². The molecule has 0 saturated heterocycles. The predicted molar refractivity (Wildman–Crippen MR) is 90.9 cm³/mol. The Bertz CT molecular complexity index is 207. The predicted octanol–water partition coefficient (Wildman–Crippen LogP) is 2.51. The molecule has 0 amide bonds. The summed E-state index contributed by atoms with van der Waals surface area (Å²) in [5, 5.41) is 14.1. The molecule has 0 aliphatic heterocycles. The molecule has 120 valence electrons. The van der Waals surface area contributed by atoms with Gasteiger partial charge in [0.15, 0.2) is 0 Å². The molecule has 0 fully saturated rings. The van der Waals surface area contributed by atoms with Crippen LogP contribution in [0.4, 0.5) is 0 Å². The molecule has 0 heterocycles. The van der Waals surface area contributed by atoms with Crippen molar-refractivity contribution in [3.05, 3.63) is 12.7 Å². The number of thiocarbonyl (C=S) groups is 2. The van der Waals surface area contributed by atoms with Gasteiger partial charge in [0.25, 0.3) is 16.8 Å². The van der Waals surface area contributed by atoms with Crippen LogP contribution in [0.3, 0.4) is 0 Å². The van der Waals surface area contributed by atoms with E-state index in [0.29, 0.717) is 13.1 Å². The molecule has 0 aliphatic rings. The Balaban J connectivity index is -0.0000000871. The summed E-state index contributed by atoms with van der Waals surface area (Å²) in [4.78, 5) is 9.29. The van der Waals surface area contributed by atoms with Crippen molar-refractivity contribution in [2.24, 2.45) is 11.5 Å². The monoisotopic (exact) mass is 326 g/mol. The zero-order valence-electron chi connectivity index (χ0n) is 12.1. The molecule has 0 unspecified atom stereocenters. The molecular formula is C12H26N2O4S2. The molecule has 0 atom stereocenters. The molecule has 8 heteroatoms. The van der Waals surface area contributed by atoms with Crippen molar-refractivity contribution >= 4 is 41.3 Å². The van der Waals surface area contributed by atoms with Gasteiger partial charge in [-0.2, -0.15) is 0 Å². The third-order valence-corrected chi connectivity index (χ3v) is 1.24. The summed E-state index contributed by atoms with van der Waals surface area (Å²) in [6.45, 7) is 8.48. The van der Waals surface area contributed by atoms with Gasteiger partial charge in [-0.15, -0.1) is 0 Å². The molecule has 0 rings (SSSR count). The van der Waals surface area contributed by atoms with Crippen LogP contribution >= 0.6 is 24.4 Å². The second-order valence-corrected chi connectivity index (χ2v) is 3.94. The molecule has 0 aliphatic carbocycles. The molecule has 0 radical (unpaired) electrons.